The Labute approximate surface area is 121 Å². The van der Waals surface area contributed by atoms with Crippen molar-refractivity contribution in [2.45, 2.75) is 0 Å². The molecule has 0 aliphatic carbocycles. The summed E-state index contributed by atoms with van der Waals surface area (Å²) in [5.41, 5.74) is 2.75. The molecule has 0 spiro atoms. The molecule has 1 aromatic heterocycles. The van der Waals surface area contributed by atoms with Crippen LogP contribution >= 0.6 is 11.6 Å². The average Bonchev–Trinajstić information content (AvgIpc) is 2.48. The van der Waals surface area contributed by atoms with Crippen LogP contribution in [0.2, 0.25) is 5.15 Å². The van der Waals surface area contributed by atoms with Crippen LogP contribution in [0.15, 0.2) is 66.9 Å². The topological polar surface area (TPSA) is 39.8 Å². The molecule has 0 N–H and O–H groups in total. The molecule has 1 heterocycles. The van der Waals surface area contributed by atoms with E-state index < -0.39 is 0 Å². The first-order valence-electron chi connectivity index (χ1n) is 6.16. The van der Waals surface area contributed by atoms with Crippen molar-refractivity contribution >= 4 is 11.6 Å². The molecule has 0 aliphatic heterocycles. The molecule has 0 fully saturated rings. The lowest BCUT2D eigenvalue weighted by Crippen LogP contribution is -2.30. The Balaban J connectivity index is 2.29. The van der Waals surface area contributed by atoms with Crippen LogP contribution < -0.4 is 4.73 Å². The Morgan fingerprint density at radius 3 is 2.00 bits per heavy atom. The van der Waals surface area contributed by atoms with Crippen LogP contribution in [-0.4, -0.2) is 4.98 Å². The van der Waals surface area contributed by atoms with Gasteiger partial charge in [-0.1, -0.05) is 60.1 Å². The van der Waals surface area contributed by atoms with E-state index in [1.54, 1.807) is 0 Å². The fourth-order valence-corrected chi connectivity index (χ4v) is 2.28. The number of benzene rings is 2. The average molecular weight is 283 g/mol. The Morgan fingerprint density at radius 2 is 1.40 bits per heavy atom. The molecule has 0 saturated heterocycles. The fraction of sp³-hybridized carbons (Fsp3) is 0. The molecular formula is C16H11ClN2O. The fourth-order valence-electron chi connectivity index (χ4n) is 2.11. The summed E-state index contributed by atoms with van der Waals surface area (Å²) in [6.07, 6.45) is 1.27. The zero-order valence-electron chi connectivity index (χ0n) is 10.5. The molecule has 3 nitrogen and oxygen atoms in total. The maximum absolute atomic E-state index is 12.2. The van der Waals surface area contributed by atoms with Gasteiger partial charge in [-0.3, -0.25) is 0 Å². The molecule has 2 aromatic carbocycles. The SMILES string of the molecule is [O-][n+]1cc(Cl)nc(-c2ccccc2)c1-c1ccccc1. The molecule has 0 amide bonds. The first kappa shape index (κ1) is 12.6. The summed E-state index contributed by atoms with van der Waals surface area (Å²) in [6.45, 7) is 0. The number of hydrogen-bond acceptors (Lipinski definition) is 2. The smallest absolute Gasteiger partial charge is 0.250 e. The van der Waals surface area contributed by atoms with Gasteiger partial charge in [0.15, 0.2) is 5.15 Å². The summed E-state index contributed by atoms with van der Waals surface area (Å²) < 4.78 is 0.771. The van der Waals surface area contributed by atoms with Crippen LogP contribution in [0.4, 0.5) is 0 Å². The number of halogens is 1. The predicted molar refractivity (Wildman–Crippen MR) is 79.1 cm³/mol. The van der Waals surface area contributed by atoms with Gasteiger partial charge >= 0.3 is 0 Å². The first-order chi connectivity index (χ1) is 9.75. The normalized spacial score (nSPS) is 10.4. The highest BCUT2D eigenvalue weighted by Gasteiger charge is 2.19. The number of rotatable bonds is 2. The predicted octanol–water partition coefficient (Wildman–Crippen LogP) is 3.70. The molecule has 0 aliphatic rings. The van der Waals surface area contributed by atoms with E-state index in [1.165, 1.54) is 6.20 Å². The van der Waals surface area contributed by atoms with Gasteiger partial charge < -0.3 is 5.21 Å². The molecule has 0 saturated carbocycles. The van der Waals surface area contributed by atoms with E-state index in [0.29, 0.717) is 11.4 Å². The second-order valence-electron chi connectivity index (χ2n) is 4.32. The Bertz CT molecular complexity index is 730. The molecule has 98 valence electrons. The molecule has 3 rings (SSSR count). The maximum Gasteiger partial charge on any atom is 0.250 e. The third-order valence-corrected chi connectivity index (χ3v) is 3.16. The van der Waals surface area contributed by atoms with E-state index in [2.05, 4.69) is 4.98 Å². The van der Waals surface area contributed by atoms with Gasteiger partial charge in [-0.15, -0.1) is 0 Å². The molecule has 20 heavy (non-hydrogen) atoms. The molecule has 0 atom stereocenters. The van der Waals surface area contributed by atoms with Crippen LogP contribution in [0.25, 0.3) is 22.5 Å². The summed E-state index contributed by atoms with van der Waals surface area (Å²) in [5, 5.41) is 12.4. The summed E-state index contributed by atoms with van der Waals surface area (Å²) in [5.74, 6) is 0. The zero-order chi connectivity index (χ0) is 13.9. The standard InChI is InChI=1S/C16H11ClN2O/c17-14-11-19(20)16(13-9-5-2-6-10-13)15(18-14)12-7-3-1-4-8-12/h1-11H. The summed E-state index contributed by atoms with van der Waals surface area (Å²) >= 11 is 5.93. The van der Waals surface area contributed by atoms with E-state index in [4.69, 9.17) is 11.6 Å². The Kier molecular flexibility index (Phi) is 3.35. The third kappa shape index (κ3) is 2.36. The molecule has 0 bridgehead atoms. The Morgan fingerprint density at radius 1 is 0.850 bits per heavy atom. The van der Waals surface area contributed by atoms with Crippen LogP contribution in [0.1, 0.15) is 0 Å². The van der Waals surface area contributed by atoms with Crippen LogP contribution in [0.5, 0.6) is 0 Å². The quantitative estimate of drug-likeness (QED) is 0.531. The second-order valence-corrected chi connectivity index (χ2v) is 4.71. The largest absolute Gasteiger partial charge is 0.618 e. The van der Waals surface area contributed by atoms with Crippen molar-refractivity contribution in [3.05, 3.63) is 77.2 Å². The first-order valence-corrected chi connectivity index (χ1v) is 6.54. The lowest BCUT2D eigenvalue weighted by Gasteiger charge is -2.10. The highest BCUT2D eigenvalue weighted by Crippen LogP contribution is 2.28. The second kappa shape index (κ2) is 5.31. The lowest BCUT2D eigenvalue weighted by molar-refractivity contribution is -0.593. The monoisotopic (exact) mass is 282 g/mol. The molecule has 0 unspecified atom stereocenters. The summed E-state index contributed by atoms with van der Waals surface area (Å²) in [7, 11) is 0. The van der Waals surface area contributed by atoms with Gasteiger partial charge in [0.25, 0.3) is 0 Å². The van der Waals surface area contributed by atoms with Crippen LogP contribution in [0.3, 0.4) is 0 Å². The summed E-state index contributed by atoms with van der Waals surface area (Å²) in [6, 6.07) is 19.0. The minimum absolute atomic E-state index is 0.179. The van der Waals surface area contributed by atoms with E-state index >= 15 is 0 Å². The van der Waals surface area contributed by atoms with Crippen molar-refractivity contribution in [1.29, 1.82) is 0 Å². The van der Waals surface area contributed by atoms with Crippen molar-refractivity contribution in [1.82, 2.24) is 4.98 Å². The van der Waals surface area contributed by atoms with Crippen molar-refractivity contribution < 1.29 is 4.73 Å². The van der Waals surface area contributed by atoms with E-state index in [1.807, 2.05) is 60.7 Å². The highest BCUT2D eigenvalue weighted by molar-refractivity contribution is 6.29. The van der Waals surface area contributed by atoms with Crippen LogP contribution in [-0.2, 0) is 0 Å². The van der Waals surface area contributed by atoms with E-state index in [-0.39, 0.29) is 5.15 Å². The molecule has 3 aromatic rings. The van der Waals surface area contributed by atoms with Crippen LogP contribution in [0, 0.1) is 5.21 Å². The highest BCUT2D eigenvalue weighted by atomic mass is 35.5. The van der Waals surface area contributed by atoms with Crippen molar-refractivity contribution in [2.75, 3.05) is 0 Å². The molecular weight excluding hydrogens is 272 g/mol. The van der Waals surface area contributed by atoms with Gasteiger partial charge in [-0.2, -0.15) is 4.73 Å². The summed E-state index contributed by atoms with van der Waals surface area (Å²) in [4.78, 5) is 4.33. The van der Waals surface area contributed by atoms with Crippen molar-refractivity contribution in [3.8, 4) is 22.5 Å². The van der Waals surface area contributed by atoms with Gasteiger partial charge in [0.05, 0.1) is 0 Å². The van der Waals surface area contributed by atoms with Gasteiger partial charge in [-0.05, 0) is 12.1 Å². The van der Waals surface area contributed by atoms with Gasteiger partial charge in [0.2, 0.25) is 11.9 Å². The zero-order valence-corrected chi connectivity index (χ0v) is 11.3. The van der Waals surface area contributed by atoms with Gasteiger partial charge in [0, 0.05) is 11.1 Å². The van der Waals surface area contributed by atoms with Crippen molar-refractivity contribution in [2.24, 2.45) is 0 Å². The number of hydrogen-bond donors (Lipinski definition) is 0. The molecule has 0 radical (unpaired) electrons. The lowest BCUT2D eigenvalue weighted by atomic mass is 10.0. The minimum atomic E-state index is 0.179. The molecule has 4 heteroatoms. The van der Waals surface area contributed by atoms with E-state index in [0.717, 1.165) is 15.9 Å². The van der Waals surface area contributed by atoms with E-state index in [9.17, 15) is 5.21 Å². The third-order valence-electron chi connectivity index (χ3n) is 2.98. The number of aromatic nitrogens is 2. The number of nitrogens with zero attached hydrogens (tertiary/aromatic N) is 2. The van der Waals surface area contributed by atoms with Gasteiger partial charge in [-0.25, -0.2) is 4.98 Å². The Hall–Kier alpha value is -2.39. The minimum Gasteiger partial charge on any atom is -0.618 e. The van der Waals surface area contributed by atoms with Crippen molar-refractivity contribution in [3.63, 3.8) is 0 Å². The maximum atomic E-state index is 12.2. The van der Waals surface area contributed by atoms with Gasteiger partial charge in [0.1, 0.15) is 5.69 Å².